The summed E-state index contributed by atoms with van der Waals surface area (Å²) in [7, 11) is 0. The summed E-state index contributed by atoms with van der Waals surface area (Å²) in [6.07, 6.45) is 2.83. The number of fused-ring (bicyclic) bond motifs is 1. The molecule has 0 bridgehead atoms. The molecule has 0 N–H and O–H groups in total. The summed E-state index contributed by atoms with van der Waals surface area (Å²) in [5.74, 6) is 0.213. The van der Waals surface area contributed by atoms with Crippen LogP contribution in [0.3, 0.4) is 0 Å². The Hall–Kier alpha value is -2.66. The van der Waals surface area contributed by atoms with Gasteiger partial charge in [-0.3, -0.25) is 14.5 Å². The minimum Gasteiger partial charge on any atom is -0.341 e. The van der Waals surface area contributed by atoms with E-state index in [0.717, 1.165) is 31.6 Å². The van der Waals surface area contributed by atoms with Gasteiger partial charge in [-0.25, -0.2) is 0 Å². The molecule has 0 aliphatic carbocycles. The van der Waals surface area contributed by atoms with Crippen molar-refractivity contribution in [2.24, 2.45) is 0 Å². The molecule has 0 aromatic heterocycles. The number of carbonyl (C=O) groups excluding carboxylic acids is 2. The Morgan fingerprint density at radius 3 is 2.31 bits per heavy atom. The van der Waals surface area contributed by atoms with E-state index in [2.05, 4.69) is 17.0 Å². The van der Waals surface area contributed by atoms with Gasteiger partial charge >= 0.3 is 0 Å². The maximum atomic E-state index is 13.3. The molecule has 0 spiro atoms. The van der Waals surface area contributed by atoms with Gasteiger partial charge in [0.25, 0.3) is 0 Å². The zero-order valence-electron chi connectivity index (χ0n) is 17.1. The lowest BCUT2D eigenvalue weighted by molar-refractivity contribution is -0.137. The molecular formula is C24H29N3O2. The molecule has 2 aromatic rings. The van der Waals surface area contributed by atoms with Crippen molar-refractivity contribution in [3.63, 3.8) is 0 Å². The van der Waals surface area contributed by atoms with Crippen molar-refractivity contribution in [3.8, 4) is 0 Å². The third-order valence-electron chi connectivity index (χ3n) is 6.07. The fraction of sp³-hybridized carbons (Fsp3) is 0.417. The highest BCUT2D eigenvalue weighted by Crippen LogP contribution is 2.26. The number of likely N-dealkylation sites (N-methyl/N-ethyl adjacent to an activating group) is 1. The van der Waals surface area contributed by atoms with Crippen LogP contribution in [0.5, 0.6) is 0 Å². The molecule has 1 saturated heterocycles. The van der Waals surface area contributed by atoms with E-state index in [1.54, 1.807) is 4.90 Å². The number of benzene rings is 2. The van der Waals surface area contributed by atoms with Crippen molar-refractivity contribution in [2.45, 2.75) is 38.8 Å². The number of carbonyl (C=O) groups is 2. The Morgan fingerprint density at radius 1 is 0.966 bits per heavy atom. The molecule has 2 aliphatic rings. The Labute approximate surface area is 172 Å². The lowest BCUT2D eigenvalue weighted by Crippen LogP contribution is -2.54. The van der Waals surface area contributed by atoms with Crippen LogP contribution in [0.2, 0.25) is 0 Å². The van der Waals surface area contributed by atoms with Crippen LogP contribution in [0.15, 0.2) is 54.6 Å². The lowest BCUT2D eigenvalue weighted by atomic mass is 9.93. The number of likely N-dealkylation sites (tertiary alicyclic amines) is 1. The molecule has 1 atom stereocenters. The van der Waals surface area contributed by atoms with Crippen molar-refractivity contribution in [2.75, 3.05) is 31.1 Å². The van der Waals surface area contributed by atoms with Crippen LogP contribution in [0.25, 0.3) is 0 Å². The number of anilines is 1. The molecule has 5 nitrogen and oxygen atoms in total. The van der Waals surface area contributed by atoms with Crippen LogP contribution in [-0.4, -0.2) is 53.8 Å². The van der Waals surface area contributed by atoms with Gasteiger partial charge in [0.05, 0.1) is 12.6 Å². The van der Waals surface area contributed by atoms with Crippen LogP contribution in [0.4, 0.5) is 5.69 Å². The van der Waals surface area contributed by atoms with Gasteiger partial charge in [0.15, 0.2) is 0 Å². The molecule has 1 unspecified atom stereocenters. The van der Waals surface area contributed by atoms with Gasteiger partial charge in [0.1, 0.15) is 0 Å². The first kappa shape index (κ1) is 19.6. The van der Waals surface area contributed by atoms with E-state index >= 15 is 0 Å². The van der Waals surface area contributed by atoms with E-state index in [9.17, 15) is 9.59 Å². The molecule has 29 heavy (non-hydrogen) atoms. The van der Waals surface area contributed by atoms with Crippen molar-refractivity contribution < 1.29 is 9.59 Å². The second-order valence-corrected chi connectivity index (χ2v) is 7.90. The summed E-state index contributed by atoms with van der Waals surface area (Å²) in [4.78, 5) is 32.3. The highest BCUT2D eigenvalue weighted by Gasteiger charge is 2.36. The number of hydrogen-bond donors (Lipinski definition) is 0. The van der Waals surface area contributed by atoms with E-state index in [1.165, 1.54) is 11.1 Å². The van der Waals surface area contributed by atoms with E-state index in [0.29, 0.717) is 19.5 Å². The van der Waals surface area contributed by atoms with Crippen molar-refractivity contribution >= 4 is 17.5 Å². The second-order valence-electron chi connectivity index (χ2n) is 7.90. The van der Waals surface area contributed by atoms with Crippen LogP contribution in [0, 0.1) is 0 Å². The van der Waals surface area contributed by atoms with Crippen LogP contribution in [-0.2, 0) is 22.6 Å². The van der Waals surface area contributed by atoms with Gasteiger partial charge in [-0.1, -0.05) is 42.5 Å². The zero-order chi connectivity index (χ0) is 20.2. The van der Waals surface area contributed by atoms with Gasteiger partial charge in [-0.2, -0.15) is 0 Å². The highest BCUT2D eigenvalue weighted by molar-refractivity contribution is 5.95. The van der Waals surface area contributed by atoms with Crippen LogP contribution >= 0.6 is 0 Å². The first-order chi connectivity index (χ1) is 14.2. The van der Waals surface area contributed by atoms with Gasteiger partial charge in [0.2, 0.25) is 11.8 Å². The predicted molar refractivity (Wildman–Crippen MR) is 115 cm³/mol. The van der Waals surface area contributed by atoms with Gasteiger partial charge < -0.3 is 9.80 Å². The maximum absolute atomic E-state index is 13.3. The predicted octanol–water partition coefficient (Wildman–Crippen LogP) is 3.09. The first-order valence-electron chi connectivity index (χ1n) is 10.6. The zero-order valence-corrected chi connectivity index (χ0v) is 17.1. The minimum absolute atomic E-state index is 0.0392. The van der Waals surface area contributed by atoms with Crippen LogP contribution in [0.1, 0.15) is 30.9 Å². The molecule has 0 saturated carbocycles. The molecule has 2 aliphatic heterocycles. The van der Waals surface area contributed by atoms with E-state index in [4.69, 9.17) is 0 Å². The van der Waals surface area contributed by atoms with Crippen molar-refractivity contribution in [3.05, 3.63) is 65.7 Å². The summed E-state index contributed by atoms with van der Waals surface area (Å²) in [5.41, 5.74) is 3.34. The smallest absolute Gasteiger partial charge is 0.241 e. The Kier molecular flexibility index (Phi) is 5.95. The molecule has 4 rings (SSSR count). The number of hydrogen-bond acceptors (Lipinski definition) is 3. The molecule has 2 heterocycles. The number of amides is 2. The quantitative estimate of drug-likeness (QED) is 0.787. The Bertz CT molecular complexity index is 861. The summed E-state index contributed by atoms with van der Waals surface area (Å²) in [6, 6.07) is 17.8. The maximum Gasteiger partial charge on any atom is 0.241 e. The summed E-state index contributed by atoms with van der Waals surface area (Å²) < 4.78 is 0. The molecule has 1 fully saturated rings. The van der Waals surface area contributed by atoms with Crippen molar-refractivity contribution in [1.29, 1.82) is 0 Å². The standard InChI is InChI=1S/C24H29N3O2/c1-2-27(21-12-4-3-5-13-21)23(28)18-26-17-20-11-7-6-10-19(20)16-22(26)24(29)25-14-8-9-15-25/h3-7,10-13,22H,2,8-9,14-18H2,1H3. The number of nitrogens with zero attached hydrogens (tertiary/aromatic N) is 3. The van der Waals surface area contributed by atoms with Crippen molar-refractivity contribution in [1.82, 2.24) is 9.80 Å². The molecular weight excluding hydrogens is 362 g/mol. The number of para-hydroxylation sites is 1. The summed E-state index contributed by atoms with van der Waals surface area (Å²) in [6.45, 7) is 5.16. The van der Waals surface area contributed by atoms with Crippen LogP contribution < -0.4 is 4.90 Å². The fourth-order valence-corrected chi connectivity index (χ4v) is 4.51. The summed E-state index contributed by atoms with van der Waals surface area (Å²) in [5, 5.41) is 0. The molecule has 0 radical (unpaired) electrons. The van der Waals surface area contributed by atoms with E-state index in [1.807, 2.05) is 54.3 Å². The average molecular weight is 392 g/mol. The largest absolute Gasteiger partial charge is 0.341 e. The number of rotatable bonds is 5. The van der Waals surface area contributed by atoms with Gasteiger partial charge in [-0.05, 0) is 49.4 Å². The highest BCUT2D eigenvalue weighted by atomic mass is 16.2. The fourth-order valence-electron chi connectivity index (χ4n) is 4.51. The Balaban J connectivity index is 1.56. The second kappa shape index (κ2) is 8.78. The Morgan fingerprint density at radius 2 is 1.62 bits per heavy atom. The summed E-state index contributed by atoms with van der Waals surface area (Å²) >= 11 is 0. The molecule has 2 amide bonds. The normalized spacial score (nSPS) is 19.1. The SMILES string of the molecule is CCN(C(=O)CN1Cc2ccccc2CC1C(=O)N1CCCC1)c1ccccc1. The molecule has 152 valence electrons. The molecule has 2 aromatic carbocycles. The topological polar surface area (TPSA) is 43.9 Å². The van der Waals surface area contributed by atoms with Gasteiger partial charge in [0, 0.05) is 31.9 Å². The van der Waals surface area contributed by atoms with Gasteiger partial charge in [-0.15, -0.1) is 0 Å². The minimum atomic E-state index is -0.263. The average Bonchev–Trinajstić information content (AvgIpc) is 3.29. The molecule has 5 heteroatoms. The third-order valence-corrected chi connectivity index (χ3v) is 6.07. The van der Waals surface area contributed by atoms with E-state index in [-0.39, 0.29) is 24.4 Å². The monoisotopic (exact) mass is 391 g/mol. The third kappa shape index (κ3) is 4.20. The lowest BCUT2D eigenvalue weighted by Gasteiger charge is -2.38. The first-order valence-corrected chi connectivity index (χ1v) is 10.6. The van der Waals surface area contributed by atoms with E-state index < -0.39 is 0 Å².